The minimum atomic E-state index is -3.92. The Balaban J connectivity index is 1.13. The number of aryl methyl sites for hydroxylation is 1. The van der Waals surface area contributed by atoms with Crippen LogP contribution in [0.4, 0.5) is 5.69 Å². The molecular weight excluding hydrogens is 663 g/mol. The van der Waals surface area contributed by atoms with Gasteiger partial charge in [0.05, 0.1) is 35.4 Å². The smallest absolute Gasteiger partial charge is 0.290 e. The third-order valence-electron chi connectivity index (χ3n) is 8.13. The van der Waals surface area contributed by atoms with E-state index in [1.165, 1.54) is 24.8 Å². The Kier molecular flexibility index (Phi) is 10.7. The third-order valence-corrected chi connectivity index (χ3v) is 11.1. The molecule has 0 aliphatic carbocycles. The summed E-state index contributed by atoms with van der Waals surface area (Å²) in [5.74, 6) is 0.0281. The summed E-state index contributed by atoms with van der Waals surface area (Å²) >= 11 is 1.62. The number of hydrogen-bond donors (Lipinski definition) is 2. The minimum Gasteiger partial charge on any atom is -0.497 e. The van der Waals surface area contributed by atoms with Crippen molar-refractivity contribution >= 4 is 43.2 Å². The molecular formula is C37H37N3O7S2. The van der Waals surface area contributed by atoms with Gasteiger partial charge in [0.25, 0.3) is 5.91 Å². The quantitative estimate of drug-likeness (QED) is 0.146. The first kappa shape index (κ1) is 34.3. The number of sulfonamides is 1. The Labute approximate surface area is 289 Å². The van der Waals surface area contributed by atoms with Gasteiger partial charge in [0, 0.05) is 36.7 Å². The average Bonchev–Trinajstić information content (AvgIpc) is 3.55. The van der Waals surface area contributed by atoms with Crippen LogP contribution in [0.1, 0.15) is 23.5 Å². The zero-order valence-electron chi connectivity index (χ0n) is 27.1. The van der Waals surface area contributed by atoms with E-state index in [4.69, 9.17) is 19.2 Å². The minimum absolute atomic E-state index is 0.0245. The molecule has 4 aromatic carbocycles. The Morgan fingerprint density at radius 1 is 1.02 bits per heavy atom. The molecule has 1 amide bonds. The van der Waals surface area contributed by atoms with Gasteiger partial charge in [0.15, 0.2) is 5.76 Å². The molecule has 12 heteroatoms. The number of rotatable bonds is 13. The highest BCUT2D eigenvalue weighted by Crippen LogP contribution is 2.33. The van der Waals surface area contributed by atoms with Crippen molar-refractivity contribution in [1.82, 2.24) is 9.29 Å². The molecule has 1 aromatic heterocycles. The van der Waals surface area contributed by atoms with Crippen LogP contribution in [0.3, 0.4) is 0 Å². The van der Waals surface area contributed by atoms with Crippen molar-refractivity contribution in [3.05, 3.63) is 120 Å². The fourth-order valence-corrected chi connectivity index (χ4v) is 8.03. The van der Waals surface area contributed by atoms with Gasteiger partial charge < -0.3 is 24.6 Å². The number of benzene rings is 4. The van der Waals surface area contributed by atoms with Crippen molar-refractivity contribution in [3.8, 4) is 16.3 Å². The molecule has 0 saturated heterocycles. The van der Waals surface area contributed by atoms with Crippen molar-refractivity contribution in [2.75, 3.05) is 38.7 Å². The van der Waals surface area contributed by atoms with Crippen LogP contribution in [0.5, 0.6) is 5.75 Å². The molecule has 2 N–H and O–H groups in total. The van der Waals surface area contributed by atoms with Gasteiger partial charge in [-0.3, -0.25) is 4.79 Å². The number of anilines is 1. The summed E-state index contributed by atoms with van der Waals surface area (Å²) in [6, 6.07) is 29.5. The molecule has 5 aromatic rings. The molecule has 10 nitrogen and oxygen atoms in total. The third kappa shape index (κ3) is 8.18. The maximum Gasteiger partial charge on any atom is 0.290 e. The van der Waals surface area contributed by atoms with Crippen LogP contribution in [0.2, 0.25) is 0 Å². The molecule has 2 heterocycles. The van der Waals surface area contributed by atoms with E-state index in [2.05, 4.69) is 18.3 Å². The SMILES string of the molecule is COc1ccc(S(=O)(=O)N(CCO)CCOC2CC(c3ccccc3)C=C(C(=O)Nc3ccc(-c4nc5ccc(C)cc5s4)cc3)O2)cc1. The van der Waals surface area contributed by atoms with Crippen LogP contribution >= 0.6 is 11.3 Å². The molecule has 0 saturated carbocycles. The number of aliphatic hydroxyl groups is 1. The summed E-state index contributed by atoms with van der Waals surface area (Å²) in [5, 5.41) is 13.4. The van der Waals surface area contributed by atoms with Gasteiger partial charge in [0.1, 0.15) is 10.8 Å². The lowest BCUT2D eigenvalue weighted by molar-refractivity contribution is -0.143. The summed E-state index contributed by atoms with van der Waals surface area (Å²) in [4.78, 5) is 18.3. The van der Waals surface area contributed by atoms with Crippen LogP contribution < -0.4 is 10.1 Å². The predicted molar refractivity (Wildman–Crippen MR) is 190 cm³/mol. The largest absolute Gasteiger partial charge is 0.497 e. The number of carbonyl (C=O) groups excluding carboxylic acids is 1. The van der Waals surface area contributed by atoms with E-state index in [-0.39, 0.29) is 42.9 Å². The number of fused-ring (bicyclic) bond motifs is 1. The van der Waals surface area contributed by atoms with Crippen LogP contribution in [-0.2, 0) is 24.3 Å². The topological polar surface area (TPSA) is 127 Å². The van der Waals surface area contributed by atoms with E-state index < -0.39 is 22.2 Å². The number of ether oxygens (including phenoxy) is 3. The summed E-state index contributed by atoms with van der Waals surface area (Å²) in [6.45, 7) is 1.53. The highest BCUT2D eigenvalue weighted by molar-refractivity contribution is 7.89. The Morgan fingerprint density at radius 3 is 2.49 bits per heavy atom. The number of carbonyl (C=O) groups is 1. The van der Waals surface area contributed by atoms with E-state index >= 15 is 0 Å². The first-order chi connectivity index (χ1) is 23.7. The van der Waals surface area contributed by atoms with E-state index in [1.54, 1.807) is 29.5 Å². The lowest BCUT2D eigenvalue weighted by Crippen LogP contribution is -2.37. The number of thiazole rings is 1. The Bertz CT molecular complexity index is 2030. The number of aliphatic hydroxyl groups excluding tert-OH is 1. The van der Waals surface area contributed by atoms with Gasteiger partial charge >= 0.3 is 0 Å². The number of allylic oxidation sites excluding steroid dienone is 1. The average molecular weight is 700 g/mol. The van der Waals surface area contributed by atoms with Crippen molar-refractivity contribution < 1.29 is 32.5 Å². The first-order valence-electron chi connectivity index (χ1n) is 15.8. The summed E-state index contributed by atoms with van der Waals surface area (Å²) in [5.41, 5.74) is 4.67. The molecule has 1 aliphatic heterocycles. The second-order valence-electron chi connectivity index (χ2n) is 11.5. The van der Waals surface area contributed by atoms with Crippen LogP contribution in [0.25, 0.3) is 20.8 Å². The van der Waals surface area contributed by atoms with Gasteiger partial charge in [-0.15, -0.1) is 11.3 Å². The Morgan fingerprint density at radius 2 is 1.78 bits per heavy atom. The molecule has 1 aliphatic rings. The highest BCUT2D eigenvalue weighted by Gasteiger charge is 2.30. The molecule has 254 valence electrons. The number of amides is 1. The summed E-state index contributed by atoms with van der Waals surface area (Å²) in [7, 11) is -2.41. The maximum absolute atomic E-state index is 13.5. The zero-order valence-corrected chi connectivity index (χ0v) is 28.7. The van der Waals surface area contributed by atoms with E-state index in [9.17, 15) is 18.3 Å². The molecule has 0 radical (unpaired) electrons. The van der Waals surface area contributed by atoms with Gasteiger partial charge in [-0.25, -0.2) is 13.4 Å². The van der Waals surface area contributed by atoms with Crippen molar-refractivity contribution in [1.29, 1.82) is 0 Å². The fourth-order valence-electron chi connectivity index (χ4n) is 5.54. The second-order valence-corrected chi connectivity index (χ2v) is 14.5. The van der Waals surface area contributed by atoms with E-state index in [0.29, 0.717) is 17.9 Å². The monoisotopic (exact) mass is 699 g/mol. The lowest BCUT2D eigenvalue weighted by Gasteiger charge is -2.30. The Hall–Kier alpha value is -4.59. The van der Waals surface area contributed by atoms with Gasteiger partial charge in [-0.2, -0.15) is 4.31 Å². The molecule has 0 bridgehead atoms. The standard InChI is InChI=1S/C37H37N3O7S2/c1-25-8-17-32-34(22-25)48-37(39-32)27-9-11-29(12-10-27)38-36(42)33-23-28(26-6-4-3-5-7-26)24-35(47-33)46-21-19-40(18-20-41)49(43,44)31-15-13-30(45-2)14-16-31/h3-17,22-23,28,35,41H,18-21,24H2,1-2H3,(H,38,42). The van der Waals surface area contributed by atoms with Crippen molar-refractivity contribution in [2.24, 2.45) is 0 Å². The van der Waals surface area contributed by atoms with Gasteiger partial charge in [-0.05, 0) is 84.8 Å². The van der Waals surface area contributed by atoms with Crippen LogP contribution in [0.15, 0.2) is 114 Å². The van der Waals surface area contributed by atoms with Crippen LogP contribution in [-0.4, -0.2) is 68.4 Å². The number of nitrogens with zero attached hydrogens (tertiary/aromatic N) is 2. The summed E-state index contributed by atoms with van der Waals surface area (Å²) < 4.78 is 46.2. The highest BCUT2D eigenvalue weighted by atomic mass is 32.2. The molecule has 0 spiro atoms. The van der Waals surface area contributed by atoms with Crippen LogP contribution in [0, 0.1) is 6.92 Å². The number of methoxy groups -OCH3 is 1. The second kappa shape index (κ2) is 15.3. The molecule has 49 heavy (non-hydrogen) atoms. The molecule has 6 rings (SSSR count). The number of hydrogen-bond acceptors (Lipinski definition) is 9. The maximum atomic E-state index is 13.5. The number of nitrogens with one attached hydrogen (secondary N) is 1. The predicted octanol–water partition coefficient (Wildman–Crippen LogP) is 6.33. The van der Waals surface area contributed by atoms with E-state index in [1.807, 2.05) is 66.7 Å². The van der Waals surface area contributed by atoms with Gasteiger partial charge in [0.2, 0.25) is 16.3 Å². The molecule has 0 fully saturated rings. The lowest BCUT2D eigenvalue weighted by atomic mass is 9.93. The first-order valence-corrected chi connectivity index (χ1v) is 18.1. The molecule has 2 unspecified atom stereocenters. The summed E-state index contributed by atoms with van der Waals surface area (Å²) in [6.07, 6.45) is 1.39. The van der Waals surface area contributed by atoms with Crippen molar-refractivity contribution in [3.63, 3.8) is 0 Å². The fraction of sp³-hybridized carbons (Fsp3) is 0.243. The molecule has 2 atom stereocenters. The van der Waals surface area contributed by atoms with Gasteiger partial charge in [-0.1, -0.05) is 36.4 Å². The van der Waals surface area contributed by atoms with E-state index in [0.717, 1.165) is 30.7 Å². The number of aromatic nitrogens is 1. The zero-order chi connectivity index (χ0) is 34.4. The normalized spacial score (nSPS) is 16.3. The van der Waals surface area contributed by atoms with Crippen molar-refractivity contribution in [2.45, 2.75) is 30.4 Å².